The van der Waals surface area contributed by atoms with Crippen LogP contribution in [0.25, 0.3) is 0 Å². The lowest BCUT2D eigenvalue weighted by atomic mass is 10.2. The molecule has 0 rings (SSSR count). The van der Waals surface area contributed by atoms with Crippen LogP contribution in [0.4, 0.5) is 0 Å². The zero-order valence-corrected chi connectivity index (χ0v) is 7.99. The summed E-state index contributed by atoms with van der Waals surface area (Å²) in [5.74, 6) is -0.973. The van der Waals surface area contributed by atoms with Gasteiger partial charge in [-0.15, -0.1) is 0 Å². The molecular formula is C9H17NO3. The van der Waals surface area contributed by atoms with Gasteiger partial charge in [0, 0.05) is 18.7 Å². The van der Waals surface area contributed by atoms with Gasteiger partial charge < -0.3 is 10.2 Å². The molecule has 4 nitrogen and oxygen atoms in total. The molecule has 0 unspecified atom stereocenters. The van der Waals surface area contributed by atoms with Gasteiger partial charge in [-0.1, -0.05) is 13.5 Å². The first-order valence-corrected chi connectivity index (χ1v) is 4.36. The summed E-state index contributed by atoms with van der Waals surface area (Å²) >= 11 is 0. The summed E-state index contributed by atoms with van der Waals surface area (Å²) in [6, 6.07) is 0. The van der Waals surface area contributed by atoms with Crippen molar-refractivity contribution in [2.24, 2.45) is 0 Å². The van der Waals surface area contributed by atoms with Crippen molar-refractivity contribution in [3.05, 3.63) is 12.2 Å². The van der Waals surface area contributed by atoms with Crippen LogP contribution in [0, 0.1) is 0 Å². The molecule has 0 aliphatic rings. The van der Waals surface area contributed by atoms with E-state index in [1.165, 1.54) is 0 Å². The summed E-state index contributed by atoms with van der Waals surface area (Å²) in [4.78, 5) is 12.3. The molecule has 0 spiro atoms. The van der Waals surface area contributed by atoms with Crippen molar-refractivity contribution in [1.29, 1.82) is 0 Å². The average molecular weight is 187 g/mol. The lowest BCUT2D eigenvalue weighted by Gasteiger charge is -2.19. The van der Waals surface area contributed by atoms with Crippen LogP contribution in [0.1, 0.15) is 13.3 Å². The third-order valence-corrected chi connectivity index (χ3v) is 1.67. The molecule has 0 radical (unpaired) electrons. The normalized spacial score (nSPS) is 10.4. The smallest absolute Gasteiger partial charge is 0.332 e. The molecule has 0 heterocycles. The lowest BCUT2D eigenvalue weighted by Crippen LogP contribution is -2.31. The minimum Gasteiger partial charge on any atom is -0.478 e. The Morgan fingerprint density at radius 1 is 1.46 bits per heavy atom. The SMILES string of the molecule is C=C(CN(CCC)CCO)C(=O)O. The number of aliphatic hydroxyl groups excluding tert-OH is 1. The van der Waals surface area contributed by atoms with E-state index in [4.69, 9.17) is 10.2 Å². The standard InChI is InChI=1S/C9H17NO3/c1-3-4-10(5-6-11)7-8(2)9(12)13/h11H,2-7H2,1H3,(H,12,13). The van der Waals surface area contributed by atoms with Crippen molar-refractivity contribution in [3.8, 4) is 0 Å². The molecule has 0 aliphatic heterocycles. The van der Waals surface area contributed by atoms with Gasteiger partial charge in [0.05, 0.1) is 6.61 Å². The van der Waals surface area contributed by atoms with Gasteiger partial charge >= 0.3 is 5.97 Å². The van der Waals surface area contributed by atoms with Crippen molar-refractivity contribution in [1.82, 2.24) is 4.90 Å². The topological polar surface area (TPSA) is 60.8 Å². The van der Waals surface area contributed by atoms with Crippen molar-refractivity contribution in [2.45, 2.75) is 13.3 Å². The van der Waals surface area contributed by atoms with Gasteiger partial charge in [-0.05, 0) is 13.0 Å². The van der Waals surface area contributed by atoms with Crippen LogP contribution in [0.5, 0.6) is 0 Å². The number of aliphatic carboxylic acids is 1. The van der Waals surface area contributed by atoms with E-state index in [9.17, 15) is 4.79 Å². The molecule has 0 aromatic rings. The second-order valence-corrected chi connectivity index (χ2v) is 2.91. The van der Waals surface area contributed by atoms with Crippen molar-refractivity contribution in [3.63, 3.8) is 0 Å². The van der Waals surface area contributed by atoms with E-state index in [0.717, 1.165) is 13.0 Å². The molecule has 0 atom stereocenters. The van der Waals surface area contributed by atoms with Crippen LogP contribution < -0.4 is 0 Å². The number of rotatable bonds is 7. The van der Waals surface area contributed by atoms with Crippen LogP contribution >= 0.6 is 0 Å². The molecule has 76 valence electrons. The fourth-order valence-corrected chi connectivity index (χ4v) is 1.07. The highest BCUT2D eigenvalue weighted by molar-refractivity contribution is 5.86. The summed E-state index contributed by atoms with van der Waals surface area (Å²) in [5.41, 5.74) is 0.168. The van der Waals surface area contributed by atoms with E-state index in [1.54, 1.807) is 0 Å². The molecule has 4 heteroatoms. The second-order valence-electron chi connectivity index (χ2n) is 2.91. The van der Waals surface area contributed by atoms with Crippen molar-refractivity contribution < 1.29 is 15.0 Å². The van der Waals surface area contributed by atoms with E-state index in [0.29, 0.717) is 13.1 Å². The molecule has 0 bridgehead atoms. The summed E-state index contributed by atoms with van der Waals surface area (Å²) in [5, 5.41) is 17.3. The minimum absolute atomic E-state index is 0.0485. The zero-order chi connectivity index (χ0) is 10.3. The average Bonchev–Trinajstić information content (AvgIpc) is 2.05. The van der Waals surface area contributed by atoms with Crippen LogP contribution in [-0.2, 0) is 4.79 Å². The molecule has 2 N–H and O–H groups in total. The Kier molecular flexibility index (Phi) is 6.18. The Labute approximate surface area is 78.5 Å². The van der Waals surface area contributed by atoms with E-state index < -0.39 is 5.97 Å². The number of carbonyl (C=O) groups is 1. The Balaban J connectivity index is 3.93. The Bertz CT molecular complexity index is 174. The van der Waals surface area contributed by atoms with Gasteiger partial charge in [0.1, 0.15) is 0 Å². The summed E-state index contributed by atoms with van der Waals surface area (Å²) in [6.07, 6.45) is 0.937. The van der Waals surface area contributed by atoms with Crippen LogP contribution in [0.3, 0.4) is 0 Å². The molecule has 0 fully saturated rings. The quantitative estimate of drug-likeness (QED) is 0.564. The third kappa shape index (κ3) is 5.38. The van der Waals surface area contributed by atoms with Gasteiger partial charge in [0.15, 0.2) is 0 Å². The monoisotopic (exact) mass is 187 g/mol. The fraction of sp³-hybridized carbons (Fsp3) is 0.667. The number of hydrogen-bond acceptors (Lipinski definition) is 3. The van der Waals surface area contributed by atoms with E-state index >= 15 is 0 Å². The summed E-state index contributed by atoms with van der Waals surface area (Å²) in [7, 11) is 0. The molecular weight excluding hydrogens is 170 g/mol. The zero-order valence-electron chi connectivity index (χ0n) is 7.99. The molecule has 0 aromatic carbocycles. The Morgan fingerprint density at radius 3 is 2.46 bits per heavy atom. The number of aliphatic hydroxyl groups is 1. The van der Waals surface area contributed by atoms with E-state index in [-0.39, 0.29) is 12.2 Å². The Hall–Kier alpha value is -0.870. The van der Waals surface area contributed by atoms with Gasteiger partial charge in [-0.2, -0.15) is 0 Å². The number of carboxylic acids is 1. The summed E-state index contributed by atoms with van der Waals surface area (Å²) < 4.78 is 0. The van der Waals surface area contributed by atoms with Crippen molar-refractivity contribution >= 4 is 5.97 Å². The molecule has 0 aromatic heterocycles. The van der Waals surface area contributed by atoms with E-state index in [1.807, 2.05) is 11.8 Å². The third-order valence-electron chi connectivity index (χ3n) is 1.67. The number of carboxylic acid groups (broad SMARTS) is 1. The largest absolute Gasteiger partial charge is 0.478 e. The predicted molar refractivity (Wildman–Crippen MR) is 50.6 cm³/mol. The van der Waals surface area contributed by atoms with Crippen molar-refractivity contribution in [2.75, 3.05) is 26.2 Å². The van der Waals surface area contributed by atoms with Gasteiger partial charge in [-0.3, -0.25) is 4.90 Å². The molecule has 0 amide bonds. The number of nitrogens with zero attached hydrogens (tertiary/aromatic N) is 1. The first-order chi connectivity index (χ1) is 6.11. The maximum absolute atomic E-state index is 10.5. The maximum Gasteiger partial charge on any atom is 0.332 e. The van der Waals surface area contributed by atoms with Crippen LogP contribution in [-0.4, -0.2) is 47.3 Å². The number of hydrogen-bond donors (Lipinski definition) is 2. The highest BCUT2D eigenvalue weighted by Crippen LogP contribution is 1.98. The first-order valence-electron chi connectivity index (χ1n) is 4.36. The lowest BCUT2D eigenvalue weighted by molar-refractivity contribution is -0.132. The highest BCUT2D eigenvalue weighted by atomic mass is 16.4. The Morgan fingerprint density at radius 2 is 2.08 bits per heavy atom. The van der Waals surface area contributed by atoms with E-state index in [2.05, 4.69) is 6.58 Å². The minimum atomic E-state index is -0.973. The fourth-order valence-electron chi connectivity index (χ4n) is 1.07. The molecule has 0 aliphatic carbocycles. The van der Waals surface area contributed by atoms with Crippen LogP contribution in [0.2, 0.25) is 0 Å². The van der Waals surface area contributed by atoms with Crippen LogP contribution in [0.15, 0.2) is 12.2 Å². The van der Waals surface area contributed by atoms with Gasteiger partial charge in [0.25, 0.3) is 0 Å². The maximum atomic E-state index is 10.5. The second kappa shape index (κ2) is 6.62. The van der Waals surface area contributed by atoms with Gasteiger partial charge in [-0.25, -0.2) is 4.79 Å². The summed E-state index contributed by atoms with van der Waals surface area (Å²) in [6.45, 7) is 7.10. The predicted octanol–water partition coefficient (Wildman–Crippen LogP) is 0.331. The highest BCUT2D eigenvalue weighted by Gasteiger charge is 2.09. The first kappa shape index (κ1) is 12.1. The molecule has 0 saturated carbocycles. The molecule has 0 saturated heterocycles. The molecule has 13 heavy (non-hydrogen) atoms. The van der Waals surface area contributed by atoms with Gasteiger partial charge in [0.2, 0.25) is 0 Å².